The van der Waals surface area contributed by atoms with Gasteiger partial charge in [0.2, 0.25) is 11.8 Å². The molecule has 3 aromatic rings. The van der Waals surface area contributed by atoms with Gasteiger partial charge in [-0.2, -0.15) is 0 Å². The van der Waals surface area contributed by atoms with Crippen molar-refractivity contribution in [2.75, 3.05) is 13.1 Å². The van der Waals surface area contributed by atoms with Crippen LogP contribution in [0.2, 0.25) is 0 Å². The largest absolute Gasteiger partial charge is 0.480 e. The Morgan fingerprint density at radius 3 is 2.02 bits per heavy atom. The fourth-order valence-electron chi connectivity index (χ4n) is 4.91. The van der Waals surface area contributed by atoms with Crippen molar-refractivity contribution in [2.24, 2.45) is 0 Å². The Kier molecular flexibility index (Phi) is 10.6. The van der Waals surface area contributed by atoms with Crippen LogP contribution in [0.1, 0.15) is 30.5 Å². The summed E-state index contributed by atoms with van der Waals surface area (Å²) >= 11 is 1.37. The molecule has 1 aliphatic rings. The molecule has 1 fully saturated rings. The minimum Gasteiger partial charge on any atom is -0.480 e. The minimum atomic E-state index is -0.988. The van der Waals surface area contributed by atoms with Crippen LogP contribution < -0.4 is 16.0 Å². The van der Waals surface area contributed by atoms with Crippen LogP contribution in [-0.2, 0) is 33.9 Å². The first kappa shape index (κ1) is 30.3. The van der Waals surface area contributed by atoms with Gasteiger partial charge in [-0.1, -0.05) is 91.0 Å². The zero-order chi connectivity index (χ0) is 29.2. The maximum Gasteiger partial charge on any atom is 0.322 e. The van der Waals surface area contributed by atoms with Gasteiger partial charge >= 0.3 is 5.97 Å². The zero-order valence-electron chi connectivity index (χ0n) is 23.5. The molecular formula is C32H38N4O4S. The fourth-order valence-corrected chi connectivity index (χ4v) is 6.39. The lowest BCUT2D eigenvalue weighted by molar-refractivity contribution is -0.141. The van der Waals surface area contributed by atoms with E-state index in [1.807, 2.05) is 105 Å². The number of carboxylic acid groups (broad SMARTS) is 1. The number of nitrogens with one attached hydrogen (secondary N) is 3. The molecule has 0 bridgehead atoms. The standard InChI is InChI=1S/C32H38N4O4S/c1-32(2)28(31(39)40)35-29(41-32)27(34-26(37)20-23-12-6-3-7-13-23)30(38)36(22-25-16-10-5-11-17-25)19-18-33-21-24-14-8-4-9-15-24/h3-17,27-29,33,35H,18-22H2,1-2H3,(H,34,37)(H,39,40)/t27-,28-,29+/m0/s1. The molecule has 3 atom stereocenters. The van der Waals surface area contributed by atoms with Gasteiger partial charge in [0.1, 0.15) is 12.1 Å². The second kappa shape index (κ2) is 14.3. The minimum absolute atomic E-state index is 0.116. The number of aliphatic carboxylic acids is 1. The molecule has 0 unspecified atom stereocenters. The smallest absolute Gasteiger partial charge is 0.322 e. The van der Waals surface area contributed by atoms with Crippen LogP contribution in [0.3, 0.4) is 0 Å². The monoisotopic (exact) mass is 574 g/mol. The molecule has 8 nitrogen and oxygen atoms in total. The average Bonchev–Trinajstić information content (AvgIpc) is 3.29. The number of rotatable bonds is 13. The molecule has 1 saturated heterocycles. The Labute approximate surface area is 245 Å². The Balaban J connectivity index is 1.54. The SMILES string of the molecule is CC1(C)S[C@H]([C@H](NC(=O)Cc2ccccc2)C(=O)N(CCNCc2ccccc2)Cc2ccccc2)N[C@H]1C(=O)O. The van der Waals surface area contributed by atoms with Crippen LogP contribution in [0.25, 0.3) is 0 Å². The number of thioether (sulfide) groups is 1. The van der Waals surface area contributed by atoms with Crippen LogP contribution >= 0.6 is 11.8 Å². The first-order valence-electron chi connectivity index (χ1n) is 13.8. The van der Waals surface area contributed by atoms with E-state index in [9.17, 15) is 19.5 Å². The Morgan fingerprint density at radius 2 is 1.46 bits per heavy atom. The predicted octanol–water partition coefficient (Wildman–Crippen LogP) is 3.43. The molecule has 216 valence electrons. The van der Waals surface area contributed by atoms with Crippen molar-refractivity contribution in [3.05, 3.63) is 108 Å². The van der Waals surface area contributed by atoms with Gasteiger partial charge in [0.25, 0.3) is 0 Å². The average molecular weight is 575 g/mol. The molecule has 1 aliphatic heterocycles. The third-order valence-electron chi connectivity index (χ3n) is 7.05. The maximum atomic E-state index is 14.3. The van der Waals surface area contributed by atoms with Crippen molar-refractivity contribution in [2.45, 2.75) is 55.6 Å². The molecule has 0 aliphatic carbocycles. The molecule has 4 N–H and O–H groups in total. The van der Waals surface area contributed by atoms with Gasteiger partial charge in [-0.15, -0.1) is 11.8 Å². The molecule has 3 aromatic carbocycles. The first-order valence-corrected chi connectivity index (χ1v) is 14.7. The predicted molar refractivity (Wildman–Crippen MR) is 162 cm³/mol. The topological polar surface area (TPSA) is 111 Å². The Morgan fingerprint density at radius 1 is 0.902 bits per heavy atom. The lowest BCUT2D eigenvalue weighted by atomic mass is 10.0. The Bertz CT molecular complexity index is 1290. The number of nitrogens with zero attached hydrogens (tertiary/aromatic N) is 1. The summed E-state index contributed by atoms with van der Waals surface area (Å²) in [4.78, 5) is 41.2. The number of carboxylic acids is 1. The molecule has 0 radical (unpaired) electrons. The number of hydrogen-bond acceptors (Lipinski definition) is 6. The van der Waals surface area contributed by atoms with E-state index in [2.05, 4.69) is 16.0 Å². The third-order valence-corrected chi connectivity index (χ3v) is 8.56. The van der Waals surface area contributed by atoms with Crippen LogP contribution in [-0.4, -0.2) is 63.1 Å². The summed E-state index contributed by atoms with van der Waals surface area (Å²) < 4.78 is -0.680. The number of hydrogen-bond donors (Lipinski definition) is 4. The molecule has 41 heavy (non-hydrogen) atoms. The fraction of sp³-hybridized carbons (Fsp3) is 0.344. The van der Waals surface area contributed by atoms with E-state index in [4.69, 9.17) is 0 Å². The van der Waals surface area contributed by atoms with E-state index in [1.54, 1.807) is 4.90 Å². The molecule has 0 aromatic heterocycles. The van der Waals surface area contributed by atoms with Crippen LogP contribution in [0.4, 0.5) is 0 Å². The van der Waals surface area contributed by atoms with E-state index in [-0.39, 0.29) is 18.2 Å². The highest BCUT2D eigenvalue weighted by Gasteiger charge is 2.49. The summed E-state index contributed by atoms with van der Waals surface area (Å²) in [5.74, 6) is -1.54. The molecule has 1 heterocycles. The number of benzene rings is 3. The van der Waals surface area contributed by atoms with Crippen molar-refractivity contribution in [3.8, 4) is 0 Å². The number of carbonyl (C=O) groups is 3. The molecule has 0 spiro atoms. The van der Waals surface area contributed by atoms with Crippen LogP contribution in [0.15, 0.2) is 91.0 Å². The van der Waals surface area contributed by atoms with Gasteiger partial charge in [0, 0.05) is 30.9 Å². The maximum absolute atomic E-state index is 14.3. The van der Waals surface area contributed by atoms with Crippen molar-refractivity contribution >= 4 is 29.5 Å². The highest BCUT2D eigenvalue weighted by Crippen LogP contribution is 2.39. The zero-order valence-corrected chi connectivity index (χ0v) is 24.3. The van der Waals surface area contributed by atoms with Gasteiger partial charge in [-0.05, 0) is 30.5 Å². The molecule has 9 heteroatoms. The Hall–Kier alpha value is -3.66. The molecule has 0 saturated carbocycles. The van der Waals surface area contributed by atoms with E-state index in [0.29, 0.717) is 26.2 Å². The summed E-state index contributed by atoms with van der Waals surface area (Å²) in [5, 5.41) is 18.7. The summed E-state index contributed by atoms with van der Waals surface area (Å²) in [5.41, 5.74) is 2.94. The van der Waals surface area contributed by atoms with Crippen LogP contribution in [0.5, 0.6) is 0 Å². The van der Waals surface area contributed by atoms with Crippen molar-refractivity contribution in [3.63, 3.8) is 0 Å². The second-order valence-electron chi connectivity index (χ2n) is 10.7. The van der Waals surface area contributed by atoms with E-state index in [0.717, 1.165) is 16.7 Å². The molecule has 2 amide bonds. The summed E-state index contributed by atoms with van der Waals surface area (Å²) in [6, 6.07) is 27.3. The number of amides is 2. The summed E-state index contributed by atoms with van der Waals surface area (Å²) in [7, 11) is 0. The second-order valence-corrected chi connectivity index (χ2v) is 12.5. The first-order chi connectivity index (χ1) is 19.7. The summed E-state index contributed by atoms with van der Waals surface area (Å²) in [6.45, 7) is 5.67. The van der Waals surface area contributed by atoms with Gasteiger partial charge in [0.05, 0.1) is 11.8 Å². The van der Waals surface area contributed by atoms with E-state index in [1.165, 1.54) is 11.8 Å². The van der Waals surface area contributed by atoms with Crippen LogP contribution in [0, 0.1) is 0 Å². The lowest BCUT2D eigenvalue weighted by Crippen LogP contribution is -2.58. The van der Waals surface area contributed by atoms with Gasteiger partial charge < -0.3 is 20.6 Å². The summed E-state index contributed by atoms with van der Waals surface area (Å²) in [6.07, 6.45) is 0.116. The number of carbonyl (C=O) groups excluding carboxylic acids is 2. The molecular weight excluding hydrogens is 536 g/mol. The van der Waals surface area contributed by atoms with Gasteiger partial charge in [-0.3, -0.25) is 19.7 Å². The quantitative estimate of drug-likeness (QED) is 0.232. The van der Waals surface area contributed by atoms with E-state index >= 15 is 0 Å². The van der Waals surface area contributed by atoms with Gasteiger partial charge in [-0.25, -0.2) is 0 Å². The van der Waals surface area contributed by atoms with Gasteiger partial charge in [0.15, 0.2) is 0 Å². The third kappa shape index (κ3) is 8.66. The highest BCUT2D eigenvalue weighted by molar-refractivity contribution is 8.01. The van der Waals surface area contributed by atoms with Crippen molar-refractivity contribution in [1.82, 2.24) is 20.9 Å². The lowest BCUT2D eigenvalue weighted by Gasteiger charge is -2.31. The normalized spacial score (nSPS) is 18.4. The van der Waals surface area contributed by atoms with E-state index < -0.39 is 28.2 Å². The highest BCUT2D eigenvalue weighted by atomic mass is 32.2. The molecule has 4 rings (SSSR count). The van der Waals surface area contributed by atoms with Crippen molar-refractivity contribution < 1.29 is 19.5 Å². The van der Waals surface area contributed by atoms with Crippen molar-refractivity contribution in [1.29, 1.82) is 0 Å².